The zero-order chi connectivity index (χ0) is 11.1. The molecule has 0 bridgehead atoms. The van der Waals surface area contributed by atoms with E-state index in [1.54, 1.807) is 18.2 Å². The minimum atomic E-state index is -2.13. The Hall–Kier alpha value is -1.09. The molecule has 1 aliphatic rings. The maximum atomic E-state index is 13.9. The lowest BCUT2D eigenvalue weighted by molar-refractivity contribution is -0.151. The first-order chi connectivity index (χ1) is 7.03. The number of alkyl halides is 1. The highest BCUT2D eigenvalue weighted by Crippen LogP contribution is 2.35. The summed E-state index contributed by atoms with van der Waals surface area (Å²) in [6.07, 6.45) is 0.301. The van der Waals surface area contributed by atoms with Crippen LogP contribution in [0.5, 0.6) is 0 Å². The molecule has 0 radical (unpaired) electrons. The van der Waals surface area contributed by atoms with Gasteiger partial charge in [0.2, 0.25) is 5.67 Å². The lowest BCUT2D eigenvalue weighted by Gasteiger charge is -2.27. The van der Waals surface area contributed by atoms with Crippen LogP contribution in [-0.2, 0) is 17.6 Å². The molecule has 0 amide bonds. The number of carboxylic acids is 1. The largest absolute Gasteiger partial charge is 0.479 e. The summed E-state index contributed by atoms with van der Waals surface area (Å²) in [4.78, 5) is 10.8. The Kier molecular flexibility index (Phi) is 2.43. The molecule has 15 heavy (non-hydrogen) atoms. The number of hydrogen-bond acceptors (Lipinski definition) is 1. The third-order valence-electron chi connectivity index (χ3n) is 2.84. The van der Waals surface area contributed by atoms with Crippen LogP contribution in [0.15, 0.2) is 18.2 Å². The molecular formula is C11H10ClFO2. The molecule has 0 fully saturated rings. The summed E-state index contributed by atoms with van der Waals surface area (Å²) in [5.74, 6) is -1.38. The number of rotatable bonds is 1. The minimum Gasteiger partial charge on any atom is -0.479 e. The smallest absolute Gasteiger partial charge is 0.341 e. The van der Waals surface area contributed by atoms with E-state index in [4.69, 9.17) is 16.7 Å². The van der Waals surface area contributed by atoms with Crippen molar-refractivity contribution < 1.29 is 14.3 Å². The number of aliphatic carboxylic acids is 1. The van der Waals surface area contributed by atoms with Crippen LogP contribution in [-0.4, -0.2) is 16.7 Å². The van der Waals surface area contributed by atoms with Gasteiger partial charge in [0.05, 0.1) is 0 Å². The van der Waals surface area contributed by atoms with E-state index in [-0.39, 0.29) is 12.8 Å². The Bertz CT molecular complexity index is 419. The van der Waals surface area contributed by atoms with Gasteiger partial charge in [-0.25, -0.2) is 9.18 Å². The first-order valence-corrected chi connectivity index (χ1v) is 5.09. The van der Waals surface area contributed by atoms with Crippen LogP contribution in [0.1, 0.15) is 17.5 Å². The standard InChI is InChI=1S/C11H10ClFO2/c12-9-3-1-2-7-6-11(13,10(14)15)5-4-8(7)9/h1-3H,4-6H2,(H,14,15). The van der Waals surface area contributed by atoms with Crippen LogP contribution in [0.4, 0.5) is 4.39 Å². The van der Waals surface area contributed by atoms with Crippen molar-refractivity contribution in [2.75, 3.05) is 0 Å². The minimum absolute atomic E-state index is 0.000926. The van der Waals surface area contributed by atoms with Crippen molar-refractivity contribution in [2.24, 2.45) is 0 Å². The molecule has 1 aromatic carbocycles. The van der Waals surface area contributed by atoms with Crippen molar-refractivity contribution in [1.82, 2.24) is 0 Å². The van der Waals surface area contributed by atoms with E-state index < -0.39 is 11.6 Å². The van der Waals surface area contributed by atoms with E-state index in [1.165, 1.54) is 0 Å². The third kappa shape index (κ3) is 1.72. The Labute approximate surface area is 91.7 Å². The third-order valence-corrected chi connectivity index (χ3v) is 3.20. The number of carbonyl (C=O) groups is 1. The predicted octanol–water partition coefficient (Wildman–Crippen LogP) is 2.62. The number of fused-ring (bicyclic) bond motifs is 1. The zero-order valence-electron chi connectivity index (χ0n) is 7.96. The number of carboxylic acid groups (broad SMARTS) is 1. The van der Waals surface area contributed by atoms with Gasteiger partial charge in [0, 0.05) is 11.4 Å². The van der Waals surface area contributed by atoms with Gasteiger partial charge in [-0.15, -0.1) is 0 Å². The van der Waals surface area contributed by atoms with Crippen LogP contribution in [0.25, 0.3) is 0 Å². The molecule has 4 heteroatoms. The molecule has 0 heterocycles. The summed E-state index contributed by atoms with van der Waals surface area (Å²) in [6.45, 7) is 0. The van der Waals surface area contributed by atoms with Gasteiger partial charge in [0.25, 0.3) is 0 Å². The first kappa shape index (κ1) is 10.4. The molecule has 80 valence electrons. The van der Waals surface area contributed by atoms with E-state index in [2.05, 4.69) is 0 Å². The molecule has 1 N–H and O–H groups in total. The van der Waals surface area contributed by atoms with Crippen LogP contribution in [0.2, 0.25) is 5.02 Å². The normalized spacial score (nSPS) is 24.7. The average molecular weight is 229 g/mol. The van der Waals surface area contributed by atoms with Crippen LogP contribution >= 0.6 is 11.6 Å². The van der Waals surface area contributed by atoms with E-state index in [9.17, 15) is 9.18 Å². The van der Waals surface area contributed by atoms with Crippen molar-refractivity contribution in [1.29, 1.82) is 0 Å². The van der Waals surface area contributed by atoms with E-state index in [0.29, 0.717) is 17.0 Å². The van der Waals surface area contributed by atoms with Gasteiger partial charge in [-0.1, -0.05) is 23.7 Å². The van der Waals surface area contributed by atoms with Gasteiger partial charge >= 0.3 is 5.97 Å². The molecule has 0 aromatic heterocycles. The molecule has 1 aromatic rings. The molecule has 1 unspecified atom stereocenters. The molecule has 0 saturated carbocycles. The topological polar surface area (TPSA) is 37.3 Å². The van der Waals surface area contributed by atoms with Crippen molar-refractivity contribution in [3.05, 3.63) is 34.3 Å². The maximum Gasteiger partial charge on any atom is 0.341 e. The molecule has 1 aliphatic carbocycles. The lowest BCUT2D eigenvalue weighted by Crippen LogP contribution is -2.39. The van der Waals surface area contributed by atoms with Crippen molar-refractivity contribution in [3.8, 4) is 0 Å². The van der Waals surface area contributed by atoms with Crippen molar-refractivity contribution in [2.45, 2.75) is 24.9 Å². The summed E-state index contributed by atoms with van der Waals surface area (Å²) >= 11 is 5.94. The molecule has 1 atom stereocenters. The predicted molar refractivity (Wildman–Crippen MR) is 55.0 cm³/mol. The summed E-state index contributed by atoms with van der Waals surface area (Å²) in [5, 5.41) is 9.38. The van der Waals surface area contributed by atoms with Crippen LogP contribution in [0, 0.1) is 0 Å². The Balaban J connectivity index is 2.39. The summed E-state index contributed by atoms with van der Waals surface area (Å²) in [7, 11) is 0. The number of benzene rings is 1. The van der Waals surface area contributed by atoms with Gasteiger partial charge in [-0.2, -0.15) is 0 Å². The highest BCUT2D eigenvalue weighted by molar-refractivity contribution is 6.31. The lowest BCUT2D eigenvalue weighted by atomic mass is 9.82. The monoisotopic (exact) mass is 228 g/mol. The van der Waals surface area contributed by atoms with Crippen molar-refractivity contribution >= 4 is 17.6 Å². The highest BCUT2D eigenvalue weighted by Gasteiger charge is 2.42. The molecular weight excluding hydrogens is 219 g/mol. The van der Waals surface area contributed by atoms with Crippen molar-refractivity contribution in [3.63, 3.8) is 0 Å². The van der Waals surface area contributed by atoms with E-state index >= 15 is 0 Å². The second-order valence-electron chi connectivity index (χ2n) is 3.82. The first-order valence-electron chi connectivity index (χ1n) is 4.71. The fourth-order valence-electron chi connectivity index (χ4n) is 1.94. The molecule has 0 spiro atoms. The highest BCUT2D eigenvalue weighted by atomic mass is 35.5. The fraction of sp³-hybridized carbons (Fsp3) is 0.364. The second-order valence-corrected chi connectivity index (χ2v) is 4.23. The zero-order valence-corrected chi connectivity index (χ0v) is 8.72. The SMILES string of the molecule is O=C(O)C1(F)CCc2c(Cl)cccc2C1. The number of hydrogen-bond donors (Lipinski definition) is 1. The summed E-state index contributed by atoms with van der Waals surface area (Å²) < 4.78 is 13.9. The Morgan fingerprint density at radius 3 is 2.93 bits per heavy atom. The van der Waals surface area contributed by atoms with Gasteiger partial charge < -0.3 is 5.11 Å². The molecule has 2 nitrogen and oxygen atoms in total. The van der Waals surface area contributed by atoms with Gasteiger partial charge in [0.1, 0.15) is 0 Å². The fourth-order valence-corrected chi connectivity index (χ4v) is 2.23. The summed E-state index contributed by atoms with van der Waals surface area (Å²) in [6, 6.07) is 5.19. The maximum absolute atomic E-state index is 13.9. The van der Waals surface area contributed by atoms with Crippen LogP contribution in [0.3, 0.4) is 0 Å². The van der Waals surface area contributed by atoms with Gasteiger partial charge in [0.15, 0.2) is 0 Å². The second kappa shape index (κ2) is 3.49. The van der Waals surface area contributed by atoms with Gasteiger partial charge in [-0.05, 0) is 30.0 Å². The summed E-state index contributed by atoms with van der Waals surface area (Å²) in [5.41, 5.74) is -0.537. The Morgan fingerprint density at radius 2 is 2.27 bits per heavy atom. The average Bonchev–Trinajstić information content (AvgIpc) is 2.17. The van der Waals surface area contributed by atoms with E-state index in [1.807, 2.05) is 0 Å². The van der Waals surface area contributed by atoms with E-state index in [0.717, 1.165) is 5.56 Å². The number of halogens is 2. The Morgan fingerprint density at radius 1 is 1.53 bits per heavy atom. The molecule has 0 aliphatic heterocycles. The van der Waals surface area contributed by atoms with Crippen LogP contribution < -0.4 is 0 Å². The molecule has 2 rings (SSSR count). The molecule has 0 saturated heterocycles. The quantitative estimate of drug-likeness (QED) is 0.802. The van der Waals surface area contributed by atoms with Gasteiger partial charge in [-0.3, -0.25) is 0 Å².